The van der Waals surface area contributed by atoms with Crippen LogP contribution in [-0.4, -0.2) is 11.9 Å². The van der Waals surface area contributed by atoms with E-state index in [4.69, 9.17) is 11.6 Å². The summed E-state index contributed by atoms with van der Waals surface area (Å²) in [5, 5.41) is 3.79. The molecule has 1 aromatic carbocycles. The lowest BCUT2D eigenvalue weighted by atomic mass is 10.1. The van der Waals surface area contributed by atoms with E-state index in [2.05, 4.69) is 36.5 Å². The van der Waals surface area contributed by atoms with E-state index in [1.54, 1.807) is 0 Å². The molecule has 0 aliphatic carbocycles. The third-order valence-electron chi connectivity index (χ3n) is 3.67. The van der Waals surface area contributed by atoms with Crippen LogP contribution >= 0.6 is 11.6 Å². The van der Waals surface area contributed by atoms with Crippen LogP contribution < -0.4 is 5.32 Å². The molecule has 0 amide bonds. The van der Waals surface area contributed by atoms with Gasteiger partial charge in [-0.25, -0.2) is 0 Å². The Kier molecular flexibility index (Phi) is 10.5. The van der Waals surface area contributed by atoms with Gasteiger partial charge in [0.1, 0.15) is 0 Å². The van der Waals surface area contributed by atoms with E-state index in [9.17, 15) is 0 Å². The van der Waals surface area contributed by atoms with Crippen LogP contribution in [0.4, 0.5) is 5.69 Å². The molecule has 0 aliphatic heterocycles. The molecular weight excluding hydrogens is 266 g/mol. The number of para-hydroxylation sites is 1. The van der Waals surface area contributed by atoms with Crippen molar-refractivity contribution in [3.63, 3.8) is 0 Å². The SMILES string of the molecule is CCCCCCCCC(Cl)CCCNc1ccccc1. The Hall–Kier alpha value is -0.690. The fourth-order valence-electron chi connectivity index (χ4n) is 2.40. The summed E-state index contributed by atoms with van der Waals surface area (Å²) in [6.07, 6.45) is 11.6. The van der Waals surface area contributed by atoms with Gasteiger partial charge in [0.15, 0.2) is 0 Å². The van der Waals surface area contributed by atoms with E-state index in [1.165, 1.54) is 50.6 Å². The van der Waals surface area contributed by atoms with Crippen molar-refractivity contribution in [1.82, 2.24) is 0 Å². The van der Waals surface area contributed by atoms with E-state index in [0.29, 0.717) is 5.38 Å². The lowest BCUT2D eigenvalue weighted by Gasteiger charge is -2.10. The largest absolute Gasteiger partial charge is 0.385 e. The van der Waals surface area contributed by atoms with Crippen molar-refractivity contribution in [3.05, 3.63) is 30.3 Å². The minimum Gasteiger partial charge on any atom is -0.385 e. The van der Waals surface area contributed by atoms with Crippen molar-refractivity contribution in [2.24, 2.45) is 0 Å². The number of alkyl halides is 1. The van der Waals surface area contributed by atoms with Gasteiger partial charge in [-0.2, -0.15) is 0 Å². The molecule has 0 aromatic heterocycles. The minimum absolute atomic E-state index is 0.360. The Bertz CT molecular complexity index is 312. The highest BCUT2D eigenvalue weighted by Crippen LogP contribution is 2.16. The summed E-state index contributed by atoms with van der Waals surface area (Å²) in [4.78, 5) is 0. The third kappa shape index (κ3) is 9.25. The lowest BCUT2D eigenvalue weighted by molar-refractivity contribution is 0.564. The van der Waals surface area contributed by atoms with Crippen LogP contribution in [0.1, 0.15) is 64.7 Å². The van der Waals surface area contributed by atoms with Crippen LogP contribution in [0.5, 0.6) is 0 Å². The predicted molar refractivity (Wildman–Crippen MR) is 91.8 cm³/mol. The Morgan fingerprint density at radius 3 is 2.30 bits per heavy atom. The number of hydrogen-bond donors (Lipinski definition) is 1. The molecule has 1 atom stereocenters. The molecule has 1 unspecified atom stereocenters. The molecule has 1 N–H and O–H groups in total. The monoisotopic (exact) mass is 295 g/mol. The van der Waals surface area contributed by atoms with Crippen LogP contribution in [-0.2, 0) is 0 Å². The first-order valence-electron chi connectivity index (χ1n) is 8.26. The molecule has 1 aromatic rings. The van der Waals surface area contributed by atoms with Crippen LogP contribution in [0.3, 0.4) is 0 Å². The zero-order chi connectivity index (χ0) is 14.5. The van der Waals surface area contributed by atoms with Gasteiger partial charge in [-0.05, 0) is 31.4 Å². The average Bonchev–Trinajstić information content (AvgIpc) is 2.48. The summed E-state index contributed by atoms with van der Waals surface area (Å²) in [5.41, 5.74) is 1.20. The third-order valence-corrected chi connectivity index (χ3v) is 4.10. The molecule has 0 bridgehead atoms. The van der Waals surface area contributed by atoms with E-state index in [0.717, 1.165) is 19.4 Å². The maximum atomic E-state index is 6.37. The zero-order valence-electron chi connectivity index (χ0n) is 12.9. The molecule has 0 saturated heterocycles. The van der Waals surface area contributed by atoms with Crippen LogP contribution in [0.15, 0.2) is 30.3 Å². The molecular formula is C18H30ClN. The number of nitrogens with one attached hydrogen (secondary N) is 1. The number of benzene rings is 1. The molecule has 2 heteroatoms. The molecule has 0 aliphatic rings. The van der Waals surface area contributed by atoms with E-state index >= 15 is 0 Å². The standard InChI is InChI=1S/C18H30ClN/c1-2-3-4-5-6-8-12-17(19)13-11-16-20-18-14-9-7-10-15-18/h7,9-10,14-15,17,20H,2-6,8,11-13,16H2,1H3. The van der Waals surface area contributed by atoms with Crippen molar-refractivity contribution < 1.29 is 0 Å². The number of halogens is 1. The van der Waals surface area contributed by atoms with Crippen molar-refractivity contribution >= 4 is 17.3 Å². The Morgan fingerprint density at radius 2 is 1.55 bits per heavy atom. The summed E-state index contributed by atoms with van der Waals surface area (Å²) in [6, 6.07) is 10.4. The van der Waals surface area contributed by atoms with Crippen molar-refractivity contribution in [3.8, 4) is 0 Å². The summed E-state index contributed by atoms with van der Waals surface area (Å²) < 4.78 is 0. The number of hydrogen-bond acceptors (Lipinski definition) is 1. The summed E-state index contributed by atoms with van der Waals surface area (Å²) in [6.45, 7) is 3.28. The maximum absolute atomic E-state index is 6.37. The molecule has 0 fully saturated rings. The van der Waals surface area contributed by atoms with Gasteiger partial charge in [0.05, 0.1) is 0 Å². The van der Waals surface area contributed by atoms with Crippen LogP contribution in [0, 0.1) is 0 Å². The molecule has 0 heterocycles. The Balaban J connectivity index is 1.91. The van der Waals surface area contributed by atoms with Crippen molar-refractivity contribution in [1.29, 1.82) is 0 Å². The van der Waals surface area contributed by atoms with Gasteiger partial charge in [0.2, 0.25) is 0 Å². The first kappa shape index (κ1) is 17.4. The van der Waals surface area contributed by atoms with Crippen LogP contribution in [0.25, 0.3) is 0 Å². The molecule has 114 valence electrons. The van der Waals surface area contributed by atoms with Gasteiger partial charge < -0.3 is 5.32 Å². The highest BCUT2D eigenvalue weighted by atomic mass is 35.5. The molecule has 1 nitrogen and oxygen atoms in total. The predicted octanol–water partition coefficient (Wildman–Crippen LogP) is 6.24. The first-order valence-corrected chi connectivity index (χ1v) is 8.69. The molecule has 0 radical (unpaired) electrons. The fourth-order valence-corrected chi connectivity index (χ4v) is 2.71. The molecule has 0 saturated carbocycles. The van der Waals surface area contributed by atoms with Gasteiger partial charge in [-0.1, -0.05) is 63.6 Å². The summed E-state index contributed by atoms with van der Waals surface area (Å²) in [5.74, 6) is 0. The highest BCUT2D eigenvalue weighted by Gasteiger charge is 2.04. The lowest BCUT2D eigenvalue weighted by Crippen LogP contribution is -2.05. The first-order chi connectivity index (χ1) is 9.83. The van der Waals surface area contributed by atoms with Gasteiger partial charge in [-0.3, -0.25) is 0 Å². The Labute approximate surface area is 130 Å². The van der Waals surface area contributed by atoms with E-state index < -0.39 is 0 Å². The maximum Gasteiger partial charge on any atom is 0.0340 e. The van der Waals surface area contributed by atoms with Crippen LogP contribution in [0.2, 0.25) is 0 Å². The van der Waals surface area contributed by atoms with E-state index in [1.807, 2.05) is 6.07 Å². The van der Waals surface area contributed by atoms with Gasteiger partial charge in [0.25, 0.3) is 0 Å². The van der Waals surface area contributed by atoms with Crippen molar-refractivity contribution in [2.45, 2.75) is 70.1 Å². The van der Waals surface area contributed by atoms with Gasteiger partial charge >= 0.3 is 0 Å². The summed E-state index contributed by atoms with van der Waals surface area (Å²) in [7, 11) is 0. The van der Waals surface area contributed by atoms with E-state index in [-0.39, 0.29) is 0 Å². The smallest absolute Gasteiger partial charge is 0.0340 e. The number of unbranched alkanes of at least 4 members (excludes halogenated alkanes) is 5. The van der Waals surface area contributed by atoms with Gasteiger partial charge in [0, 0.05) is 17.6 Å². The van der Waals surface area contributed by atoms with Gasteiger partial charge in [-0.15, -0.1) is 11.6 Å². The quantitative estimate of drug-likeness (QED) is 0.356. The van der Waals surface area contributed by atoms with Crippen molar-refractivity contribution in [2.75, 3.05) is 11.9 Å². The molecule has 20 heavy (non-hydrogen) atoms. The minimum atomic E-state index is 0.360. The second-order valence-electron chi connectivity index (χ2n) is 5.59. The topological polar surface area (TPSA) is 12.0 Å². The Morgan fingerprint density at radius 1 is 0.900 bits per heavy atom. The highest BCUT2D eigenvalue weighted by molar-refractivity contribution is 6.20. The molecule has 1 rings (SSSR count). The second-order valence-corrected chi connectivity index (χ2v) is 6.21. The number of rotatable bonds is 12. The fraction of sp³-hybridized carbons (Fsp3) is 0.667. The normalized spacial score (nSPS) is 12.3. The summed E-state index contributed by atoms with van der Waals surface area (Å²) >= 11 is 6.37. The second kappa shape index (κ2) is 12.1. The zero-order valence-corrected chi connectivity index (χ0v) is 13.7. The average molecular weight is 296 g/mol. The number of anilines is 1. The molecule has 0 spiro atoms.